The van der Waals surface area contributed by atoms with Gasteiger partial charge in [-0.3, -0.25) is 0 Å². The van der Waals surface area contributed by atoms with Gasteiger partial charge >= 0.3 is 0 Å². The van der Waals surface area contributed by atoms with Crippen molar-refractivity contribution in [3.63, 3.8) is 0 Å². The average Bonchev–Trinajstić information content (AvgIpc) is 2.31. The van der Waals surface area contributed by atoms with Gasteiger partial charge in [-0.05, 0) is 33.6 Å². The first-order chi connectivity index (χ1) is 8.16. The standard InChI is InChI=1S/C11H7BrCl2N2O/c12-9-10(14)15-6-16-11(9)17-5-7-2-1-3-8(13)4-7/h1-4,6H,5H2. The molecule has 88 valence electrons. The van der Waals surface area contributed by atoms with Gasteiger partial charge in [0.05, 0.1) is 0 Å². The lowest BCUT2D eigenvalue weighted by Crippen LogP contribution is -1.98. The fourth-order valence-corrected chi connectivity index (χ4v) is 1.87. The Morgan fingerprint density at radius 3 is 2.82 bits per heavy atom. The lowest BCUT2D eigenvalue weighted by molar-refractivity contribution is 0.291. The zero-order valence-electron chi connectivity index (χ0n) is 8.53. The van der Waals surface area contributed by atoms with Crippen molar-refractivity contribution in [3.8, 4) is 5.88 Å². The van der Waals surface area contributed by atoms with Crippen LogP contribution in [0.25, 0.3) is 0 Å². The molecule has 0 unspecified atom stereocenters. The van der Waals surface area contributed by atoms with Gasteiger partial charge in [-0.2, -0.15) is 0 Å². The Labute approximate surface area is 117 Å². The number of hydrogen-bond acceptors (Lipinski definition) is 3. The number of ether oxygens (including phenoxy) is 1. The summed E-state index contributed by atoms with van der Waals surface area (Å²) in [6, 6.07) is 7.42. The number of aromatic nitrogens is 2. The van der Waals surface area contributed by atoms with Crippen LogP contribution in [0.15, 0.2) is 35.1 Å². The lowest BCUT2D eigenvalue weighted by Gasteiger charge is -2.07. The summed E-state index contributed by atoms with van der Waals surface area (Å²) in [7, 11) is 0. The van der Waals surface area contributed by atoms with Gasteiger partial charge in [0.25, 0.3) is 0 Å². The summed E-state index contributed by atoms with van der Waals surface area (Å²) in [5, 5.41) is 0.993. The fourth-order valence-electron chi connectivity index (χ4n) is 1.21. The van der Waals surface area contributed by atoms with E-state index in [4.69, 9.17) is 27.9 Å². The summed E-state index contributed by atoms with van der Waals surface area (Å²) in [4.78, 5) is 7.79. The molecule has 0 spiro atoms. The first-order valence-corrected chi connectivity index (χ1v) is 6.25. The van der Waals surface area contributed by atoms with Gasteiger partial charge in [-0.25, -0.2) is 9.97 Å². The van der Waals surface area contributed by atoms with Gasteiger partial charge in [0.1, 0.15) is 17.4 Å². The minimum absolute atomic E-state index is 0.320. The molecule has 0 saturated heterocycles. The van der Waals surface area contributed by atoms with Crippen LogP contribution in [0.5, 0.6) is 5.88 Å². The lowest BCUT2D eigenvalue weighted by atomic mass is 10.2. The van der Waals surface area contributed by atoms with Gasteiger partial charge in [-0.1, -0.05) is 35.3 Å². The van der Waals surface area contributed by atoms with E-state index < -0.39 is 0 Å². The van der Waals surface area contributed by atoms with Crippen LogP contribution in [0, 0.1) is 0 Å². The number of halogens is 3. The van der Waals surface area contributed by atoms with Gasteiger partial charge in [-0.15, -0.1) is 0 Å². The minimum atomic E-state index is 0.320. The molecule has 0 aliphatic carbocycles. The molecule has 0 N–H and O–H groups in total. The molecule has 6 heteroatoms. The number of nitrogens with zero attached hydrogens (tertiary/aromatic N) is 2. The van der Waals surface area contributed by atoms with Crippen molar-refractivity contribution in [3.05, 3.63) is 50.8 Å². The summed E-state index contributed by atoms with van der Waals surface area (Å²) in [5.41, 5.74) is 0.958. The topological polar surface area (TPSA) is 35.0 Å². The van der Waals surface area contributed by atoms with E-state index in [9.17, 15) is 0 Å². The maximum absolute atomic E-state index is 5.87. The molecule has 0 atom stereocenters. The van der Waals surface area contributed by atoms with Crippen molar-refractivity contribution < 1.29 is 4.74 Å². The third-order valence-electron chi connectivity index (χ3n) is 1.98. The molecule has 0 fully saturated rings. The third kappa shape index (κ3) is 3.31. The molecule has 0 bridgehead atoms. The van der Waals surface area contributed by atoms with Crippen LogP contribution in [-0.2, 0) is 6.61 Å². The van der Waals surface area contributed by atoms with Crippen LogP contribution in [0.2, 0.25) is 10.2 Å². The fraction of sp³-hybridized carbons (Fsp3) is 0.0909. The summed E-state index contributed by atoms with van der Waals surface area (Å²) in [6.07, 6.45) is 1.35. The van der Waals surface area contributed by atoms with Crippen molar-refractivity contribution in [1.82, 2.24) is 9.97 Å². The van der Waals surface area contributed by atoms with E-state index in [0.717, 1.165) is 5.56 Å². The predicted octanol–water partition coefficient (Wildman–Crippen LogP) is 4.12. The van der Waals surface area contributed by atoms with Crippen LogP contribution in [0.4, 0.5) is 0 Å². The Bertz CT molecular complexity index is 537. The molecular weight excluding hydrogens is 327 g/mol. The molecule has 17 heavy (non-hydrogen) atoms. The van der Waals surface area contributed by atoms with Crippen molar-refractivity contribution in [2.45, 2.75) is 6.61 Å². The molecule has 0 aliphatic heterocycles. The number of benzene rings is 1. The molecule has 2 rings (SSSR count). The Morgan fingerprint density at radius 2 is 2.06 bits per heavy atom. The molecule has 1 heterocycles. The van der Waals surface area contributed by atoms with Crippen LogP contribution in [0.3, 0.4) is 0 Å². The summed E-state index contributed by atoms with van der Waals surface area (Å²) >= 11 is 15.0. The highest BCUT2D eigenvalue weighted by Crippen LogP contribution is 2.28. The highest BCUT2D eigenvalue weighted by molar-refractivity contribution is 9.10. The van der Waals surface area contributed by atoms with E-state index in [1.807, 2.05) is 24.3 Å². The van der Waals surface area contributed by atoms with E-state index in [0.29, 0.717) is 27.1 Å². The number of hydrogen-bond donors (Lipinski definition) is 0. The van der Waals surface area contributed by atoms with E-state index in [-0.39, 0.29) is 0 Å². The molecule has 0 saturated carbocycles. The second kappa shape index (κ2) is 5.67. The zero-order chi connectivity index (χ0) is 12.3. The molecule has 0 aliphatic rings. The van der Waals surface area contributed by atoms with E-state index >= 15 is 0 Å². The molecular formula is C11H7BrCl2N2O. The SMILES string of the molecule is Clc1cccc(COc2ncnc(Cl)c2Br)c1. The first-order valence-electron chi connectivity index (χ1n) is 4.70. The van der Waals surface area contributed by atoms with E-state index in [2.05, 4.69) is 25.9 Å². The van der Waals surface area contributed by atoms with Crippen LogP contribution in [-0.4, -0.2) is 9.97 Å². The monoisotopic (exact) mass is 332 g/mol. The minimum Gasteiger partial charge on any atom is -0.472 e. The molecule has 2 aromatic rings. The van der Waals surface area contributed by atoms with Crippen LogP contribution >= 0.6 is 39.1 Å². The first kappa shape index (κ1) is 12.6. The van der Waals surface area contributed by atoms with Gasteiger partial charge in [0.2, 0.25) is 5.88 Å². The summed E-state index contributed by atoms with van der Waals surface area (Å²) < 4.78 is 6.06. The Balaban J connectivity index is 2.10. The Hall–Kier alpha value is -0.840. The zero-order valence-corrected chi connectivity index (χ0v) is 11.6. The van der Waals surface area contributed by atoms with Gasteiger partial charge in [0, 0.05) is 5.02 Å². The molecule has 1 aromatic heterocycles. The Morgan fingerprint density at radius 1 is 1.24 bits per heavy atom. The normalized spacial score (nSPS) is 10.3. The number of rotatable bonds is 3. The second-order valence-corrected chi connectivity index (χ2v) is 4.79. The molecule has 0 amide bonds. The third-order valence-corrected chi connectivity index (χ3v) is 3.44. The molecule has 0 radical (unpaired) electrons. The Kier molecular flexibility index (Phi) is 4.20. The summed E-state index contributed by atoms with van der Waals surface area (Å²) in [5.74, 6) is 0.407. The largest absolute Gasteiger partial charge is 0.472 e. The summed E-state index contributed by atoms with van der Waals surface area (Å²) in [6.45, 7) is 0.368. The quantitative estimate of drug-likeness (QED) is 0.792. The van der Waals surface area contributed by atoms with Crippen molar-refractivity contribution in [1.29, 1.82) is 0 Å². The maximum Gasteiger partial charge on any atom is 0.233 e. The highest BCUT2D eigenvalue weighted by atomic mass is 79.9. The molecule has 1 aromatic carbocycles. The average molecular weight is 334 g/mol. The van der Waals surface area contributed by atoms with Crippen molar-refractivity contribution >= 4 is 39.1 Å². The van der Waals surface area contributed by atoms with Crippen molar-refractivity contribution in [2.75, 3.05) is 0 Å². The van der Waals surface area contributed by atoms with Crippen molar-refractivity contribution in [2.24, 2.45) is 0 Å². The van der Waals surface area contributed by atoms with Crippen LogP contribution < -0.4 is 4.74 Å². The molecule has 3 nitrogen and oxygen atoms in total. The second-order valence-electron chi connectivity index (χ2n) is 3.20. The van der Waals surface area contributed by atoms with E-state index in [1.165, 1.54) is 6.33 Å². The predicted molar refractivity (Wildman–Crippen MR) is 70.5 cm³/mol. The van der Waals surface area contributed by atoms with Crippen LogP contribution in [0.1, 0.15) is 5.56 Å². The van der Waals surface area contributed by atoms with E-state index in [1.54, 1.807) is 0 Å². The smallest absolute Gasteiger partial charge is 0.233 e. The maximum atomic E-state index is 5.87. The van der Waals surface area contributed by atoms with Gasteiger partial charge in [0.15, 0.2) is 5.15 Å². The van der Waals surface area contributed by atoms with Gasteiger partial charge < -0.3 is 4.74 Å². The highest BCUT2D eigenvalue weighted by Gasteiger charge is 2.07.